The van der Waals surface area contributed by atoms with Crippen LogP contribution in [0.4, 0.5) is 17.1 Å². The summed E-state index contributed by atoms with van der Waals surface area (Å²) in [7, 11) is 0. The highest BCUT2D eigenvalue weighted by atomic mass is 16.6. The molecule has 2 rings (SSSR count). The third kappa shape index (κ3) is 4.03. The van der Waals surface area contributed by atoms with Crippen molar-refractivity contribution in [3.05, 3.63) is 64.2 Å². The summed E-state index contributed by atoms with van der Waals surface area (Å²) in [6.07, 6.45) is 0. The van der Waals surface area contributed by atoms with Crippen molar-refractivity contribution in [3.63, 3.8) is 0 Å². The molecule has 0 spiro atoms. The topological polar surface area (TPSA) is 125 Å². The first kappa shape index (κ1) is 16.0. The molecule has 0 aliphatic carbocycles. The van der Waals surface area contributed by atoms with E-state index in [1.54, 1.807) is 18.2 Å². The molecule has 0 aromatic heterocycles. The molecule has 8 nitrogen and oxygen atoms in total. The number of benzene rings is 2. The van der Waals surface area contributed by atoms with Gasteiger partial charge in [0.1, 0.15) is 5.69 Å². The Morgan fingerprint density at radius 1 is 1.13 bits per heavy atom. The van der Waals surface area contributed by atoms with Crippen molar-refractivity contribution in [3.8, 4) is 0 Å². The largest absolute Gasteiger partial charge is 0.452 e. The number of carbonyl (C=O) groups excluding carboxylic acids is 2. The molecule has 3 N–H and O–H groups in total. The van der Waals surface area contributed by atoms with E-state index < -0.39 is 23.4 Å². The fraction of sp³-hybridized carbons (Fsp3) is 0.0667. The Hall–Kier alpha value is -3.42. The number of nitro benzene ring substituents is 1. The van der Waals surface area contributed by atoms with E-state index in [0.29, 0.717) is 0 Å². The van der Waals surface area contributed by atoms with Crippen LogP contribution in [0.1, 0.15) is 10.4 Å². The van der Waals surface area contributed by atoms with Gasteiger partial charge in [0, 0.05) is 11.8 Å². The maximum Gasteiger partial charge on any atom is 0.340 e. The summed E-state index contributed by atoms with van der Waals surface area (Å²) in [6.45, 7) is -0.584. The van der Waals surface area contributed by atoms with Crippen molar-refractivity contribution in [2.24, 2.45) is 0 Å². The number of nitrogen functional groups attached to an aromatic ring is 1. The Labute approximate surface area is 131 Å². The fourth-order valence-electron chi connectivity index (χ4n) is 1.82. The molecule has 0 aliphatic rings. The number of rotatable bonds is 5. The van der Waals surface area contributed by atoms with Crippen LogP contribution in [0.15, 0.2) is 48.5 Å². The lowest BCUT2D eigenvalue weighted by Gasteiger charge is -2.08. The second kappa shape index (κ2) is 7.03. The summed E-state index contributed by atoms with van der Waals surface area (Å²) < 4.78 is 4.84. The summed E-state index contributed by atoms with van der Waals surface area (Å²) in [4.78, 5) is 33.8. The standard InChI is InChI=1S/C15H13N3O5/c16-11-6-2-1-5-10(11)15(20)23-9-14(19)17-12-7-3-4-8-13(12)18(21)22/h1-8H,9,16H2,(H,17,19). The number of ether oxygens (including phenoxy) is 1. The van der Waals surface area contributed by atoms with Gasteiger partial charge in [0.2, 0.25) is 0 Å². The molecule has 0 saturated heterocycles. The first-order chi connectivity index (χ1) is 11.0. The lowest BCUT2D eigenvalue weighted by molar-refractivity contribution is -0.383. The zero-order chi connectivity index (χ0) is 16.8. The Kier molecular flexibility index (Phi) is 4.88. The lowest BCUT2D eigenvalue weighted by Crippen LogP contribution is -2.21. The molecule has 1 amide bonds. The van der Waals surface area contributed by atoms with Gasteiger partial charge in [0.05, 0.1) is 10.5 Å². The van der Waals surface area contributed by atoms with E-state index in [2.05, 4.69) is 5.32 Å². The molecule has 0 heterocycles. The van der Waals surface area contributed by atoms with E-state index in [0.717, 1.165) is 0 Å². The van der Waals surface area contributed by atoms with Gasteiger partial charge < -0.3 is 15.8 Å². The highest BCUT2D eigenvalue weighted by molar-refractivity contribution is 5.98. The van der Waals surface area contributed by atoms with Gasteiger partial charge in [-0.1, -0.05) is 24.3 Å². The first-order valence-corrected chi connectivity index (χ1v) is 6.54. The summed E-state index contributed by atoms with van der Waals surface area (Å²) in [6, 6.07) is 11.9. The monoisotopic (exact) mass is 315 g/mol. The molecule has 23 heavy (non-hydrogen) atoms. The van der Waals surface area contributed by atoms with Gasteiger partial charge in [-0.05, 0) is 18.2 Å². The summed E-state index contributed by atoms with van der Waals surface area (Å²) in [5.41, 5.74) is 5.78. The number of para-hydroxylation sites is 3. The molecule has 0 radical (unpaired) electrons. The zero-order valence-corrected chi connectivity index (χ0v) is 11.9. The SMILES string of the molecule is Nc1ccccc1C(=O)OCC(=O)Nc1ccccc1[N+](=O)[O-]. The smallest absolute Gasteiger partial charge is 0.340 e. The number of nitrogens with one attached hydrogen (secondary N) is 1. The van der Waals surface area contributed by atoms with E-state index >= 15 is 0 Å². The van der Waals surface area contributed by atoms with Crippen LogP contribution >= 0.6 is 0 Å². The van der Waals surface area contributed by atoms with Gasteiger partial charge in [-0.15, -0.1) is 0 Å². The quantitative estimate of drug-likeness (QED) is 0.376. The highest BCUT2D eigenvalue weighted by Gasteiger charge is 2.16. The molecule has 0 saturated carbocycles. The van der Waals surface area contributed by atoms with Crippen LogP contribution in [0.5, 0.6) is 0 Å². The van der Waals surface area contributed by atoms with E-state index in [-0.39, 0.29) is 22.6 Å². The minimum Gasteiger partial charge on any atom is -0.452 e. The van der Waals surface area contributed by atoms with Gasteiger partial charge in [0.25, 0.3) is 11.6 Å². The average molecular weight is 315 g/mol. The van der Waals surface area contributed by atoms with Gasteiger partial charge >= 0.3 is 5.97 Å². The van der Waals surface area contributed by atoms with Crippen LogP contribution < -0.4 is 11.1 Å². The number of carbonyl (C=O) groups is 2. The number of hydrogen-bond acceptors (Lipinski definition) is 6. The number of nitrogens with zero attached hydrogens (tertiary/aromatic N) is 1. The number of nitro groups is 1. The molecular weight excluding hydrogens is 302 g/mol. The van der Waals surface area contributed by atoms with Gasteiger partial charge in [-0.3, -0.25) is 14.9 Å². The first-order valence-electron chi connectivity index (χ1n) is 6.54. The molecule has 2 aromatic carbocycles. The normalized spacial score (nSPS) is 9.91. The predicted molar refractivity (Wildman–Crippen MR) is 82.9 cm³/mol. The summed E-state index contributed by atoms with van der Waals surface area (Å²) >= 11 is 0. The number of nitrogens with two attached hydrogens (primary N) is 1. The summed E-state index contributed by atoms with van der Waals surface area (Å²) in [5.74, 6) is -1.44. The Morgan fingerprint density at radius 2 is 1.78 bits per heavy atom. The molecule has 8 heteroatoms. The molecule has 0 aliphatic heterocycles. The van der Waals surface area contributed by atoms with Crippen molar-refractivity contribution < 1.29 is 19.2 Å². The Bertz CT molecular complexity index is 760. The van der Waals surface area contributed by atoms with Gasteiger partial charge in [-0.2, -0.15) is 0 Å². The van der Waals surface area contributed by atoms with Crippen molar-refractivity contribution in [1.29, 1.82) is 0 Å². The third-order valence-electron chi connectivity index (χ3n) is 2.89. The van der Waals surface area contributed by atoms with E-state index in [4.69, 9.17) is 10.5 Å². The lowest BCUT2D eigenvalue weighted by atomic mass is 10.2. The molecule has 0 atom stereocenters. The molecule has 118 valence electrons. The second-order valence-corrected chi connectivity index (χ2v) is 4.49. The van der Waals surface area contributed by atoms with Crippen molar-refractivity contribution in [2.75, 3.05) is 17.7 Å². The zero-order valence-electron chi connectivity index (χ0n) is 11.9. The molecule has 0 bridgehead atoms. The van der Waals surface area contributed by atoms with Crippen LogP contribution in [-0.4, -0.2) is 23.4 Å². The number of hydrogen-bond donors (Lipinski definition) is 2. The fourth-order valence-corrected chi connectivity index (χ4v) is 1.82. The number of amides is 1. The second-order valence-electron chi connectivity index (χ2n) is 4.49. The van der Waals surface area contributed by atoms with E-state index in [1.165, 1.54) is 30.3 Å². The molecule has 0 fully saturated rings. The van der Waals surface area contributed by atoms with Crippen molar-refractivity contribution in [2.45, 2.75) is 0 Å². The van der Waals surface area contributed by atoms with Crippen LogP contribution in [0, 0.1) is 10.1 Å². The third-order valence-corrected chi connectivity index (χ3v) is 2.89. The van der Waals surface area contributed by atoms with Crippen molar-refractivity contribution >= 4 is 28.9 Å². The molecule has 0 unspecified atom stereocenters. The molecular formula is C15H13N3O5. The minimum atomic E-state index is -0.749. The van der Waals surface area contributed by atoms with Crippen molar-refractivity contribution in [1.82, 2.24) is 0 Å². The Morgan fingerprint density at radius 3 is 2.48 bits per heavy atom. The predicted octanol–water partition coefficient (Wildman–Crippen LogP) is 1.97. The van der Waals surface area contributed by atoms with E-state index in [9.17, 15) is 19.7 Å². The maximum absolute atomic E-state index is 11.8. The van der Waals surface area contributed by atoms with Crippen LogP contribution in [0.2, 0.25) is 0 Å². The summed E-state index contributed by atoms with van der Waals surface area (Å²) in [5, 5.41) is 13.2. The number of esters is 1. The van der Waals surface area contributed by atoms with E-state index in [1.807, 2.05) is 0 Å². The maximum atomic E-state index is 11.8. The van der Waals surface area contributed by atoms with Gasteiger partial charge in [-0.25, -0.2) is 4.79 Å². The highest BCUT2D eigenvalue weighted by Crippen LogP contribution is 2.23. The van der Waals surface area contributed by atoms with Gasteiger partial charge in [0.15, 0.2) is 6.61 Å². The average Bonchev–Trinajstić information content (AvgIpc) is 2.53. The van der Waals surface area contributed by atoms with Crippen LogP contribution in [0.25, 0.3) is 0 Å². The Balaban J connectivity index is 1.97. The van der Waals surface area contributed by atoms with Crippen LogP contribution in [-0.2, 0) is 9.53 Å². The molecule has 2 aromatic rings. The number of anilines is 2. The minimum absolute atomic E-state index is 0.0257. The van der Waals surface area contributed by atoms with Crippen LogP contribution in [0.3, 0.4) is 0 Å².